The van der Waals surface area contributed by atoms with Gasteiger partial charge in [0, 0.05) is 4.88 Å². The van der Waals surface area contributed by atoms with Crippen LogP contribution < -0.4 is 0 Å². The average Bonchev–Trinajstić information content (AvgIpc) is 2.79. The molecule has 0 amide bonds. The molecule has 82 valence electrons. The number of aldehydes is 1. The van der Waals surface area contributed by atoms with Gasteiger partial charge in [-0.05, 0) is 29.7 Å². The molecule has 0 fully saturated rings. The van der Waals surface area contributed by atoms with E-state index in [-0.39, 0.29) is 0 Å². The Hall–Kier alpha value is -1.41. The molecule has 1 heterocycles. The number of hydrogen-bond donors (Lipinski definition) is 0. The molecule has 0 saturated heterocycles. The van der Waals surface area contributed by atoms with Crippen LogP contribution >= 0.6 is 11.3 Å². The fourth-order valence-electron chi connectivity index (χ4n) is 1.70. The molecule has 16 heavy (non-hydrogen) atoms. The van der Waals surface area contributed by atoms with Gasteiger partial charge in [0.1, 0.15) is 0 Å². The molecule has 1 nitrogen and oxygen atoms in total. The molecule has 1 aromatic heterocycles. The van der Waals surface area contributed by atoms with Crippen LogP contribution in [0, 0.1) is 0 Å². The van der Waals surface area contributed by atoms with Gasteiger partial charge in [0.25, 0.3) is 0 Å². The maximum Gasteiger partial charge on any atom is 0.160 e. The van der Waals surface area contributed by atoms with E-state index in [2.05, 4.69) is 31.2 Å². The summed E-state index contributed by atoms with van der Waals surface area (Å²) in [6.45, 7) is 2.18. The third kappa shape index (κ3) is 2.39. The summed E-state index contributed by atoms with van der Waals surface area (Å²) in [5.41, 5.74) is 2.57. The average molecular weight is 230 g/mol. The van der Waals surface area contributed by atoms with Crippen LogP contribution in [0.2, 0.25) is 0 Å². The second-order valence-electron chi connectivity index (χ2n) is 3.77. The number of hydrogen-bond acceptors (Lipinski definition) is 2. The molecule has 0 N–H and O–H groups in total. The van der Waals surface area contributed by atoms with Gasteiger partial charge in [0.05, 0.1) is 4.88 Å². The van der Waals surface area contributed by atoms with E-state index in [1.54, 1.807) is 0 Å². The Morgan fingerprint density at radius 3 is 2.44 bits per heavy atom. The van der Waals surface area contributed by atoms with Gasteiger partial charge in [0.2, 0.25) is 0 Å². The molecule has 0 aliphatic heterocycles. The summed E-state index contributed by atoms with van der Waals surface area (Å²) in [6, 6.07) is 12.5. The van der Waals surface area contributed by atoms with E-state index in [0.29, 0.717) is 0 Å². The molecule has 0 aliphatic carbocycles. The Kier molecular flexibility index (Phi) is 3.52. The number of rotatable bonds is 4. The minimum absolute atomic E-state index is 0.785. The lowest BCUT2D eigenvalue weighted by Gasteiger charge is -2.00. The standard InChI is InChI=1S/C14H14OS/c1-2-3-11-4-6-12(7-5-11)14-9-8-13(10-15)16-14/h4-10H,2-3H2,1H3. The van der Waals surface area contributed by atoms with Crippen LogP contribution in [-0.4, -0.2) is 6.29 Å². The topological polar surface area (TPSA) is 17.1 Å². The van der Waals surface area contributed by atoms with Crippen molar-refractivity contribution in [1.82, 2.24) is 0 Å². The van der Waals surface area contributed by atoms with Gasteiger partial charge in [-0.1, -0.05) is 37.6 Å². The minimum Gasteiger partial charge on any atom is -0.297 e. The van der Waals surface area contributed by atoms with Crippen LogP contribution in [-0.2, 0) is 6.42 Å². The zero-order valence-corrected chi connectivity index (χ0v) is 10.1. The second kappa shape index (κ2) is 5.08. The van der Waals surface area contributed by atoms with Crippen LogP contribution in [0.25, 0.3) is 10.4 Å². The van der Waals surface area contributed by atoms with E-state index in [1.807, 2.05) is 12.1 Å². The van der Waals surface area contributed by atoms with Crippen LogP contribution in [0.15, 0.2) is 36.4 Å². The zero-order valence-electron chi connectivity index (χ0n) is 9.27. The Labute approximate surface area is 99.8 Å². The quantitative estimate of drug-likeness (QED) is 0.720. The van der Waals surface area contributed by atoms with Crippen LogP contribution in [0.5, 0.6) is 0 Å². The highest BCUT2D eigenvalue weighted by molar-refractivity contribution is 7.17. The molecule has 0 bridgehead atoms. The first-order chi connectivity index (χ1) is 7.83. The summed E-state index contributed by atoms with van der Waals surface area (Å²) in [4.78, 5) is 12.5. The molecular formula is C14H14OS. The van der Waals surface area contributed by atoms with Crippen molar-refractivity contribution in [3.63, 3.8) is 0 Å². The van der Waals surface area contributed by atoms with E-state index >= 15 is 0 Å². The van der Waals surface area contributed by atoms with Crippen molar-refractivity contribution in [1.29, 1.82) is 0 Å². The normalized spacial score (nSPS) is 10.3. The molecule has 0 atom stereocenters. The maximum atomic E-state index is 10.6. The Morgan fingerprint density at radius 2 is 1.88 bits per heavy atom. The lowest BCUT2D eigenvalue weighted by molar-refractivity contribution is 0.112. The first-order valence-corrected chi connectivity index (χ1v) is 6.29. The molecule has 2 aromatic rings. The molecule has 2 heteroatoms. The number of aryl methyl sites for hydroxylation is 1. The van der Waals surface area contributed by atoms with Crippen molar-refractivity contribution < 1.29 is 4.79 Å². The van der Waals surface area contributed by atoms with Gasteiger partial charge in [-0.15, -0.1) is 11.3 Å². The maximum absolute atomic E-state index is 10.6. The predicted octanol–water partition coefficient (Wildman–Crippen LogP) is 4.18. The molecule has 2 rings (SSSR count). The molecule has 0 unspecified atom stereocenters. The monoisotopic (exact) mass is 230 g/mol. The summed E-state index contributed by atoms with van der Waals surface area (Å²) in [7, 11) is 0. The van der Waals surface area contributed by atoms with Crippen molar-refractivity contribution >= 4 is 17.6 Å². The van der Waals surface area contributed by atoms with Crippen molar-refractivity contribution in [3.8, 4) is 10.4 Å². The smallest absolute Gasteiger partial charge is 0.160 e. The highest BCUT2D eigenvalue weighted by Gasteiger charge is 2.02. The number of carbonyl (C=O) groups excluding carboxylic acids is 1. The van der Waals surface area contributed by atoms with Gasteiger partial charge in [-0.25, -0.2) is 0 Å². The first-order valence-electron chi connectivity index (χ1n) is 5.48. The van der Waals surface area contributed by atoms with Crippen LogP contribution in [0.3, 0.4) is 0 Å². The van der Waals surface area contributed by atoms with Crippen LogP contribution in [0.4, 0.5) is 0 Å². The number of thiophene rings is 1. The number of benzene rings is 1. The summed E-state index contributed by atoms with van der Waals surface area (Å²) in [6.07, 6.45) is 3.21. The molecular weight excluding hydrogens is 216 g/mol. The van der Waals surface area contributed by atoms with E-state index in [1.165, 1.54) is 28.9 Å². The Morgan fingerprint density at radius 1 is 1.12 bits per heavy atom. The van der Waals surface area contributed by atoms with E-state index in [0.717, 1.165) is 22.5 Å². The number of carbonyl (C=O) groups is 1. The highest BCUT2D eigenvalue weighted by Crippen LogP contribution is 2.27. The van der Waals surface area contributed by atoms with E-state index in [4.69, 9.17) is 0 Å². The Balaban J connectivity index is 2.23. The lowest BCUT2D eigenvalue weighted by Crippen LogP contribution is -1.81. The van der Waals surface area contributed by atoms with Crippen molar-refractivity contribution in [3.05, 3.63) is 46.8 Å². The fourth-order valence-corrected chi connectivity index (χ4v) is 2.52. The molecule has 1 aromatic carbocycles. The van der Waals surface area contributed by atoms with Crippen molar-refractivity contribution in [2.75, 3.05) is 0 Å². The summed E-state index contributed by atoms with van der Waals surface area (Å²) in [5.74, 6) is 0. The summed E-state index contributed by atoms with van der Waals surface area (Å²) >= 11 is 1.54. The lowest BCUT2D eigenvalue weighted by atomic mass is 10.1. The third-order valence-corrected chi connectivity index (χ3v) is 3.58. The first kappa shape index (κ1) is 11.1. The zero-order chi connectivity index (χ0) is 11.4. The van der Waals surface area contributed by atoms with Gasteiger partial charge in [-0.2, -0.15) is 0 Å². The van der Waals surface area contributed by atoms with Crippen LogP contribution in [0.1, 0.15) is 28.6 Å². The van der Waals surface area contributed by atoms with Gasteiger partial charge < -0.3 is 0 Å². The minimum atomic E-state index is 0.785. The van der Waals surface area contributed by atoms with Gasteiger partial charge in [0.15, 0.2) is 6.29 Å². The third-order valence-electron chi connectivity index (χ3n) is 2.52. The molecule has 0 saturated carbocycles. The molecule has 0 radical (unpaired) electrons. The Bertz CT molecular complexity index is 468. The predicted molar refractivity (Wildman–Crippen MR) is 69.1 cm³/mol. The fraction of sp³-hybridized carbons (Fsp3) is 0.214. The van der Waals surface area contributed by atoms with Crippen molar-refractivity contribution in [2.45, 2.75) is 19.8 Å². The van der Waals surface area contributed by atoms with Gasteiger partial charge in [-0.3, -0.25) is 4.79 Å². The molecule has 0 spiro atoms. The van der Waals surface area contributed by atoms with E-state index < -0.39 is 0 Å². The van der Waals surface area contributed by atoms with Crippen molar-refractivity contribution in [2.24, 2.45) is 0 Å². The highest BCUT2D eigenvalue weighted by atomic mass is 32.1. The second-order valence-corrected chi connectivity index (χ2v) is 4.88. The summed E-state index contributed by atoms with van der Waals surface area (Å²) in [5, 5.41) is 0. The SMILES string of the molecule is CCCc1ccc(-c2ccc(C=O)s2)cc1. The van der Waals surface area contributed by atoms with E-state index in [9.17, 15) is 4.79 Å². The van der Waals surface area contributed by atoms with Gasteiger partial charge >= 0.3 is 0 Å². The molecule has 0 aliphatic rings. The largest absolute Gasteiger partial charge is 0.297 e. The summed E-state index contributed by atoms with van der Waals surface area (Å²) < 4.78 is 0.